The summed E-state index contributed by atoms with van der Waals surface area (Å²) in [5, 5.41) is 5.92. The smallest absolute Gasteiger partial charge is 0.255 e. The number of rotatable bonds is 8. The van der Waals surface area contributed by atoms with Crippen LogP contribution in [-0.4, -0.2) is 35.2 Å². The molecule has 2 aliphatic heterocycles. The molecule has 6 nitrogen and oxygen atoms in total. The number of halogens is 1. The Morgan fingerprint density at radius 1 is 1.10 bits per heavy atom. The third-order valence-corrected chi connectivity index (χ3v) is 10.8. The van der Waals surface area contributed by atoms with Crippen molar-refractivity contribution in [2.24, 2.45) is 23.2 Å². The number of nitrogens with zero attached hydrogens (tertiary/aromatic N) is 1. The zero-order chi connectivity index (χ0) is 28.7. The molecular formula is C33H40FN3O3S. The lowest BCUT2D eigenvalue weighted by Crippen LogP contribution is -2.52. The summed E-state index contributed by atoms with van der Waals surface area (Å²) >= 11 is 1.57. The van der Waals surface area contributed by atoms with Gasteiger partial charge in [-0.1, -0.05) is 32.0 Å². The number of hydrogen-bond donors (Lipinski definition) is 2. The first-order valence-electron chi connectivity index (χ1n) is 15.0. The van der Waals surface area contributed by atoms with Gasteiger partial charge in [0.25, 0.3) is 5.91 Å². The van der Waals surface area contributed by atoms with Crippen LogP contribution in [0.4, 0.5) is 4.39 Å². The molecule has 2 aliphatic carbocycles. The van der Waals surface area contributed by atoms with Crippen molar-refractivity contribution < 1.29 is 18.8 Å². The third kappa shape index (κ3) is 6.09. The van der Waals surface area contributed by atoms with Crippen LogP contribution in [0.3, 0.4) is 0 Å². The van der Waals surface area contributed by atoms with Crippen molar-refractivity contribution in [3.8, 4) is 0 Å². The van der Waals surface area contributed by atoms with Crippen LogP contribution >= 0.6 is 11.8 Å². The fraction of sp³-hybridized carbons (Fsp3) is 0.545. The maximum atomic E-state index is 15.1. The Labute approximate surface area is 246 Å². The number of carbonyl (C=O) groups is 3. The molecule has 2 N–H and O–H groups in total. The molecule has 2 aromatic carbocycles. The largest absolute Gasteiger partial charge is 0.322 e. The first-order chi connectivity index (χ1) is 19.7. The second-order valence-electron chi connectivity index (χ2n) is 13.3. The molecule has 0 spiro atoms. The average molecular weight is 578 g/mol. The van der Waals surface area contributed by atoms with Crippen LogP contribution in [0.5, 0.6) is 0 Å². The number of carbonyl (C=O) groups excluding carboxylic acids is 3. The number of piperidine rings is 1. The van der Waals surface area contributed by atoms with E-state index in [2.05, 4.69) is 24.5 Å². The highest BCUT2D eigenvalue weighted by Crippen LogP contribution is 2.50. The minimum absolute atomic E-state index is 0.181. The summed E-state index contributed by atoms with van der Waals surface area (Å²) in [5.74, 6) is 2.06. The Bertz CT molecular complexity index is 1350. The Balaban J connectivity index is 1.04. The first-order valence-corrected chi connectivity index (χ1v) is 16.0. The molecule has 2 saturated carbocycles. The fourth-order valence-corrected chi connectivity index (χ4v) is 9.05. The van der Waals surface area contributed by atoms with E-state index in [1.807, 2.05) is 24.3 Å². The molecule has 6 rings (SSSR count). The first kappa shape index (κ1) is 28.4. The number of imide groups is 1. The molecule has 2 aromatic rings. The van der Waals surface area contributed by atoms with Crippen LogP contribution in [0.25, 0.3) is 0 Å². The summed E-state index contributed by atoms with van der Waals surface area (Å²) in [6.07, 6.45) is 7.25. The Morgan fingerprint density at radius 3 is 2.61 bits per heavy atom. The van der Waals surface area contributed by atoms with Crippen LogP contribution in [0, 0.1) is 29.0 Å². The van der Waals surface area contributed by atoms with Gasteiger partial charge in [-0.3, -0.25) is 19.7 Å². The van der Waals surface area contributed by atoms with Gasteiger partial charge in [-0.15, -0.1) is 11.8 Å². The number of thioether (sulfide) groups is 1. The molecule has 0 aromatic heterocycles. The fourth-order valence-electron chi connectivity index (χ4n) is 8.03. The summed E-state index contributed by atoms with van der Waals surface area (Å²) in [4.78, 5) is 39.6. The molecule has 2 heterocycles. The zero-order valence-electron chi connectivity index (χ0n) is 24.0. The minimum atomic E-state index is -0.635. The van der Waals surface area contributed by atoms with Crippen LogP contribution in [0.2, 0.25) is 0 Å². The molecular weight excluding hydrogens is 537 g/mol. The van der Waals surface area contributed by atoms with Crippen LogP contribution in [0.15, 0.2) is 41.3 Å². The molecule has 3 unspecified atom stereocenters. The number of hydrogen-bond acceptors (Lipinski definition) is 5. The van der Waals surface area contributed by atoms with E-state index in [0.717, 1.165) is 40.3 Å². The van der Waals surface area contributed by atoms with Crippen molar-refractivity contribution in [1.29, 1.82) is 0 Å². The number of amides is 3. The molecule has 1 saturated heterocycles. The number of benzene rings is 2. The minimum Gasteiger partial charge on any atom is -0.322 e. The third-order valence-electron chi connectivity index (χ3n) is 9.62. The van der Waals surface area contributed by atoms with Gasteiger partial charge in [0.2, 0.25) is 11.8 Å². The average Bonchev–Trinajstić information content (AvgIpc) is 3.24. The van der Waals surface area contributed by atoms with Gasteiger partial charge >= 0.3 is 0 Å². The van der Waals surface area contributed by atoms with Gasteiger partial charge in [-0.2, -0.15) is 0 Å². The maximum Gasteiger partial charge on any atom is 0.255 e. The van der Waals surface area contributed by atoms with E-state index in [4.69, 9.17) is 0 Å². The SMILES string of the molecule is CC1CC2CC(C1)CC(C)(CNCc1ccc(CSc3cccc4c3CN(C3CCC(=O)NC3=O)C4=O)cc1F)C2. The van der Waals surface area contributed by atoms with Crippen molar-refractivity contribution in [3.63, 3.8) is 0 Å². The van der Waals surface area contributed by atoms with Gasteiger partial charge in [-0.25, -0.2) is 4.39 Å². The highest BCUT2D eigenvalue weighted by molar-refractivity contribution is 7.98. The zero-order valence-corrected chi connectivity index (χ0v) is 24.8. The van der Waals surface area contributed by atoms with E-state index in [1.165, 1.54) is 32.1 Å². The summed E-state index contributed by atoms with van der Waals surface area (Å²) in [7, 11) is 0. The van der Waals surface area contributed by atoms with Gasteiger partial charge in [0, 0.05) is 47.8 Å². The van der Waals surface area contributed by atoms with Gasteiger partial charge in [0.1, 0.15) is 11.9 Å². The molecule has 41 heavy (non-hydrogen) atoms. The second kappa shape index (κ2) is 11.5. The molecule has 4 aliphatic rings. The van der Waals surface area contributed by atoms with Crippen molar-refractivity contribution in [3.05, 3.63) is 64.5 Å². The van der Waals surface area contributed by atoms with Crippen LogP contribution in [-0.2, 0) is 28.4 Å². The predicted octanol–water partition coefficient (Wildman–Crippen LogP) is 5.82. The monoisotopic (exact) mass is 577 g/mol. The van der Waals surface area contributed by atoms with Crippen molar-refractivity contribution >= 4 is 29.5 Å². The standard InChI is InChI=1S/C33H40FN3O3S/c1-20-10-22-12-23(11-20)15-33(2,14-22)19-35-16-24-7-6-21(13-27(24)34)18-41-29-5-3-4-25-26(29)17-37(32(25)40)28-8-9-30(38)36-31(28)39/h3-7,13,20,22-23,28,35H,8-12,14-19H2,1-2H3,(H,36,38,39). The second-order valence-corrected chi connectivity index (χ2v) is 14.3. The Kier molecular flexibility index (Phi) is 7.98. The molecule has 218 valence electrons. The molecule has 3 fully saturated rings. The van der Waals surface area contributed by atoms with Crippen molar-refractivity contribution in [2.75, 3.05) is 6.54 Å². The van der Waals surface area contributed by atoms with Gasteiger partial charge in [0.05, 0.1) is 0 Å². The number of nitrogens with one attached hydrogen (secondary N) is 2. The lowest BCUT2D eigenvalue weighted by atomic mass is 9.59. The number of fused-ring (bicyclic) bond motifs is 3. The summed E-state index contributed by atoms with van der Waals surface area (Å²) in [5.41, 5.74) is 3.37. The van der Waals surface area contributed by atoms with Crippen molar-refractivity contribution in [2.45, 2.75) is 88.6 Å². The van der Waals surface area contributed by atoms with Crippen LogP contribution in [0.1, 0.15) is 85.8 Å². The predicted molar refractivity (Wildman–Crippen MR) is 157 cm³/mol. The highest BCUT2D eigenvalue weighted by Gasteiger charge is 2.41. The van der Waals surface area contributed by atoms with E-state index >= 15 is 4.39 Å². The Morgan fingerprint density at radius 2 is 1.88 bits per heavy atom. The normalized spacial score (nSPS) is 29.4. The summed E-state index contributed by atoms with van der Waals surface area (Å²) in [6.45, 7) is 6.60. The lowest BCUT2D eigenvalue weighted by Gasteiger charge is -2.47. The van der Waals surface area contributed by atoms with Crippen molar-refractivity contribution in [1.82, 2.24) is 15.5 Å². The topological polar surface area (TPSA) is 78.5 Å². The van der Waals surface area contributed by atoms with Gasteiger partial charge in [0.15, 0.2) is 0 Å². The van der Waals surface area contributed by atoms with E-state index in [1.54, 1.807) is 28.8 Å². The molecule has 3 amide bonds. The summed E-state index contributed by atoms with van der Waals surface area (Å²) in [6, 6.07) is 10.5. The molecule has 0 radical (unpaired) electrons. The maximum absolute atomic E-state index is 15.1. The quantitative estimate of drug-likeness (QED) is 0.305. The Hall–Kier alpha value is -2.71. The molecule has 8 heteroatoms. The van der Waals surface area contributed by atoms with E-state index in [-0.39, 0.29) is 24.1 Å². The van der Waals surface area contributed by atoms with Gasteiger partial charge in [-0.05, 0) is 91.0 Å². The molecule has 2 bridgehead atoms. The highest BCUT2D eigenvalue weighted by atomic mass is 32.2. The van der Waals surface area contributed by atoms with E-state index < -0.39 is 11.9 Å². The van der Waals surface area contributed by atoms with E-state index in [9.17, 15) is 14.4 Å². The van der Waals surface area contributed by atoms with Gasteiger partial charge < -0.3 is 10.2 Å². The summed E-state index contributed by atoms with van der Waals surface area (Å²) < 4.78 is 15.1. The van der Waals surface area contributed by atoms with E-state index in [0.29, 0.717) is 41.8 Å². The lowest BCUT2D eigenvalue weighted by molar-refractivity contribution is -0.136. The molecule has 3 atom stereocenters. The van der Waals surface area contributed by atoms with Crippen LogP contribution < -0.4 is 10.6 Å².